The number of pyridine rings is 1. The van der Waals surface area contributed by atoms with E-state index >= 15 is 0 Å². The zero-order valence-electron chi connectivity index (χ0n) is 15.1. The molecule has 2 heterocycles. The van der Waals surface area contributed by atoms with Gasteiger partial charge in [0.25, 0.3) is 0 Å². The molecule has 4 nitrogen and oxygen atoms in total. The lowest BCUT2D eigenvalue weighted by Crippen LogP contribution is -2.40. The van der Waals surface area contributed by atoms with Gasteiger partial charge in [-0.3, -0.25) is 0 Å². The number of H-pyrrole nitrogens is 1. The number of aromatic amines is 1. The first-order chi connectivity index (χ1) is 12.0. The summed E-state index contributed by atoms with van der Waals surface area (Å²) >= 11 is 12.9. The molecule has 0 spiro atoms. The van der Waals surface area contributed by atoms with Crippen molar-refractivity contribution in [1.82, 2.24) is 5.32 Å². The van der Waals surface area contributed by atoms with Crippen LogP contribution in [0.5, 0.6) is 0 Å². The third-order valence-corrected chi connectivity index (χ3v) is 10.1. The summed E-state index contributed by atoms with van der Waals surface area (Å²) in [5, 5.41) is 4.66. The first kappa shape index (κ1) is 20.5. The minimum atomic E-state index is -1.81. The van der Waals surface area contributed by atoms with Gasteiger partial charge in [-0.2, -0.15) is 0 Å². The number of halogens is 2. The maximum atomic E-state index is 6.72. The quantitative estimate of drug-likeness (QED) is 0.552. The zero-order valence-corrected chi connectivity index (χ0v) is 17.6. The van der Waals surface area contributed by atoms with E-state index in [9.17, 15) is 0 Å². The van der Waals surface area contributed by atoms with Gasteiger partial charge in [-0.15, -0.1) is 0 Å². The van der Waals surface area contributed by atoms with E-state index in [1.54, 1.807) is 24.9 Å². The molecular formula is C18H27Cl2N2O2Si+. The largest absolute Gasteiger partial charge is 0.472 e. The van der Waals surface area contributed by atoms with Crippen LogP contribution in [-0.4, -0.2) is 14.9 Å². The van der Waals surface area contributed by atoms with Gasteiger partial charge in [0.15, 0.2) is 20.7 Å². The first-order valence-electron chi connectivity index (χ1n) is 8.79. The highest BCUT2D eigenvalue weighted by molar-refractivity contribution is 6.73. The van der Waals surface area contributed by atoms with Crippen LogP contribution in [0.2, 0.25) is 28.2 Å². The van der Waals surface area contributed by atoms with Gasteiger partial charge in [-0.1, -0.05) is 44.0 Å². The van der Waals surface area contributed by atoms with Crippen molar-refractivity contribution in [2.24, 2.45) is 0 Å². The summed E-state index contributed by atoms with van der Waals surface area (Å²) in [4.78, 5) is 2.97. The molecule has 1 atom stereocenters. The van der Waals surface area contributed by atoms with Gasteiger partial charge in [-0.05, 0) is 24.2 Å². The Morgan fingerprint density at radius 3 is 2.32 bits per heavy atom. The van der Waals surface area contributed by atoms with Gasteiger partial charge in [0.05, 0.1) is 18.6 Å². The molecule has 0 aliphatic carbocycles. The fourth-order valence-corrected chi connectivity index (χ4v) is 6.44. The van der Waals surface area contributed by atoms with Crippen LogP contribution in [0.25, 0.3) is 0 Å². The van der Waals surface area contributed by atoms with Crippen molar-refractivity contribution in [2.75, 3.05) is 6.54 Å². The second-order valence-electron chi connectivity index (χ2n) is 6.18. The van der Waals surface area contributed by atoms with Gasteiger partial charge in [0, 0.05) is 24.2 Å². The third-order valence-electron chi connectivity index (χ3n) is 4.82. The molecule has 0 amide bonds. The SMILES string of the molecule is CC[Si](CC)(CC)OC(CNCc1ccoc1)c1c(Cl)c[nH+]cc1Cl. The molecule has 2 aromatic rings. The molecule has 0 aromatic carbocycles. The van der Waals surface area contributed by atoms with Crippen LogP contribution in [0.4, 0.5) is 0 Å². The number of nitrogens with one attached hydrogen (secondary N) is 2. The van der Waals surface area contributed by atoms with Crippen molar-refractivity contribution in [3.05, 3.63) is 52.2 Å². The molecule has 0 fully saturated rings. The maximum Gasteiger partial charge on any atom is 0.192 e. The molecule has 0 aliphatic rings. The van der Waals surface area contributed by atoms with Crippen LogP contribution < -0.4 is 10.3 Å². The molecule has 0 saturated carbocycles. The highest BCUT2D eigenvalue weighted by Gasteiger charge is 2.34. The summed E-state index contributed by atoms with van der Waals surface area (Å²) in [6, 6.07) is 5.18. The summed E-state index contributed by atoms with van der Waals surface area (Å²) < 4.78 is 11.8. The van der Waals surface area contributed by atoms with E-state index in [4.69, 9.17) is 32.0 Å². The standard InChI is InChI=1S/C18H26Cl2N2O2Si/c1-4-25(5-2,6-3)24-17(12-21-9-14-7-8-23-13-14)18-15(19)10-22-11-16(18)20/h7-8,10-11,13,17,21H,4-6,9,12H2,1-3H3/p+1. The highest BCUT2D eigenvalue weighted by Crippen LogP contribution is 2.35. The molecule has 0 radical (unpaired) electrons. The summed E-state index contributed by atoms with van der Waals surface area (Å²) in [5.74, 6) is 0. The van der Waals surface area contributed by atoms with Crippen LogP contribution in [0.1, 0.15) is 38.0 Å². The molecule has 25 heavy (non-hydrogen) atoms. The Morgan fingerprint density at radius 1 is 1.16 bits per heavy atom. The Morgan fingerprint density at radius 2 is 1.80 bits per heavy atom. The molecule has 2 N–H and O–H groups in total. The normalized spacial score (nSPS) is 13.2. The molecule has 0 bridgehead atoms. The van der Waals surface area contributed by atoms with Crippen LogP contribution in [-0.2, 0) is 11.0 Å². The minimum Gasteiger partial charge on any atom is -0.472 e. The Labute approximate surface area is 161 Å². The lowest BCUT2D eigenvalue weighted by Gasteiger charge is -2.34. The van der Waals surface area contributed by atoms with Crippen LogP contribution in [0.15, 0.2) is 35.4 Å². The van der Waals surface area contributed by atoms with Gasteiger partial charge >= 0.3 is 0 Å². The molecule has 7 heteroatoms. The number of rotatable bonds is 10. The molecule has 0 saturated heterocycles. The second-order valence-corrected chi connectivity index (χ2v) is 11.7. The van der Waals surface area contributed by atoms with E-state index in [1.807, 2.05) is 6.07 Å². The zero-order chi connectivity index (χ0) is 18.3. The van der Waals surface area contributed by atoms with E-state index in [-0.39, 0.29) is 6.10 Å². The van der Waals surface area contributed by atoms with Crippen LogP contribution in [0, 0.1) is 0 Å². The Kier molecular flexibility index (Phi) is 7.97. The van der Waals surface area contributed by atoms with Gasteiger partial charge in [0.1, 0.15) is 10.0 Å². The minimum absolute atomic E-state index is 0.173. The molecule has 2 aromatic heterocycles. The number of furan rings is 1. The van der Waals surface area contributed by atoms with E-state index in [0.29, 0.717) is 23.1 Å². The monoisotopic (exact) mass is 401 g/mol. The summed E-state index contributed by atoms with van der Waals surface area (Å²) in [5.41, 5.74) is 1.95. The van der Waals surface area contributed by atoms with Gasteiger partial charge in [0.2, 0.25) is 0 Å². The Hall–Kier alpha value is -0.853. The molecule has 0 aliphatic heterocycles. The highest BCUT2D eigenvalue weighted by atomic mass is 35.5. The lowest BCUT2D eigenvalue weighted by atomic mass is 10.1. The molecular weight excluding hydrogens is 375 g/mol. The fraction of sp³-hybridized carbons (Fsp3) is 0.500. The third kappa shape index (κ3) is 5.31. The number of hydrogen-bond donors (Lipinski definition) is 1. The van der Waals surface area contributed by atoms with Crippen LogP contribution in [0.3, 0.4) is 0 Å². The first-order valence-corrected chi connectivity index (χ1v) is 12.1. The fourth-order valence-electron chi connectivity index (χ4n) is 3.01. The van der Waals surface area contributed by atoms with Crippen molar-refractivity contribution in [3.63, 3.8) is 0 Å². The smallest absolute Gasteiger partial charge is 0.192 e. The average molecular weight is 402 g/mol. The molecule has 1 unspecified atom stereocenters. The predicted octanol–water partition coefficient (Wildman–Crippen LogP) is 5.25. The molecule has 2 rings (SSSR count). The van der Waals surface area contributed by atoms with Gasteiger partial charge in [-0.25, -0.2) is 4.98 Å². The number of hydrogen-bond acceptors (Lipinski definition) is 3. The summed E-state index contributed by atoms with van der Waals surface area (Å²) in [6.45, 7) is 8.01. The Balaban J connectivity index is 2.21. The van der Waals surface area contributed by atoms with Crippen molar-refractivity contribution in [1.29, 1.82) is 0 Å². The summed E-state index contributed by atoms with van der Waals surface area (Å²) in [7, 11) is -1.81. The van der Waals surface area contributed by atoms with Crippen LogP contribution >= 0.6 is 23.2 Å². The van der Waals surface area contributed by atoms with Gasteiger partial charge < -0.3 is 14.2 Å². The van der Waals surface area contributed by atoms with E-state index in [0.717, 1.165) is 29.3 Å². The van der Waals surface area contributed by atoms with E-state index in [1.165, 1.54) is 0 Å². The summed E-state index contributed by atoms with van der Waals surface area (Å²) in [6.07, 6.45) is 6.75. The van der Waals surface area contributed by atoms with E-state index < -0.39 is 8.32 Å². The Bertz CT molecular complexity index is 620. The van der Waals surface area contributed by atoms with Crippen molar-refractivity contribution < 1.29 is 13.8 Å². The number of aromatic nitrogens is 1. The molecule has 138 valence electrons. The predicted molar refractivity (Wildman–Crippen MR) is 104 cm³/mol. The van der Waals surface area contributed by atoms with Crippen molar-refractivity contribution >= 4 is 31.5 Å². The topological polar surface area (TPSA) is 48.5 Å². The van der Waals surface area contributed by atoms with Crippen molar-refractivity contribution in [3.8, 4) is 0 Å². The second kappa shape index (κ2) is 9.74. The van der Waals surface area contributed by atoms with Crippen molar-refractivity contribution in [2.45, 2.75) is 51.6 Å². The van der Waals surface area contributed by atoms with E-state index in [2.05, 4.69) is 31.1 Å². The lowest BCUT2D eigenvalue weighted by molar-refractivity contribution is -0.377. The average Bonchev–Trinajstić information content (AvgIpc) is 3.12. The maximum absolute atomic E-state index is 6.72.